The van der Waals surface area contributed by atoms with Crippen LogP contribution in [0.5, 0.6) is 11.5 Å². The van der Waals surface area contributed by atoms with E-state index in [-0.39, 0.29) is 12.7 Å². The van der Waals surface area contributed by atoms with Gasteiger partial charge in [-0.2, -0.15) is 0 Å². The van der Waals surface area contributed by atoms with Crippen molar-refractivity contribution in [3.63, 3.8) is 0 Å². The monoisotopic (exact) mass is 340 g/mol. The third-order valence-electron chi connectivity index (χ3n) is 4.60. The number of amides is 1. The minimum atomic E-state index is -0.235. The van der Waals surface area contributed by atoms with Gasteiger partial charge in [0.25, 0.3) is 5.91 Å². The van der Waals surface area contributed by atoms with Gasteiger partial charge in [-0.3, -0.25) is 4.79 Å². The van der Waals surface area contributed by atoms with Crippen LogP contribution >= 0.6 is 0 Å². The summed E-state index contributed by atoms with van der Waals surface area (Å²) in [6.07, 6.45) is 5.61. The molecule has 0 radical (unpaired) electrons. The van der Waals surface area contributed by atoms with Gasteiger partial charge < -0.3 is 19.7 Å². The molecule has 2 aliphatic heterocycles. The maximum absolute atomic E-state index is 12.4. The Bertz CT molecular complexity index is 770. The molecule has 7 heteroatoms. The lowest BCUT2D eigenvalue weighted by molar-refractivity contribution is 0.102. The highest BCUT2D eigenvalue weighted by Gasteiger charge is 2.19. The molecule has 1 fully saturated rings. The minimum Gasteiger partial charge on any atom is -0.454 e. The van der Waals surface area contributed by atoms with Gasteiger partial charge in [0.1, 0.15) is 0 Å². The largest absolute Gasteiger partial charge is 0.454 e. The van der Waals surface area contributed by atoms with E-state index in [1.54, 1.807) is 30.6 Å². The van der Waals surface area contributed by atoms with Crippen molar-refractivity contribution < 1.29 is 14.3 Å². The Labute approximate surface area is 146 Å². The Balaban J connectivity index is 1.41. The Hall–Kier alpha value is -2.83. The number of carbonyl (C=O) groups is 1. The number of hydrogen-bond acceptors (Lipinski definition) is 6. The van der Waals surface area contributed by atoms with E-state index < -0.39 is 0 Å². The molecule has 0 unspecified atom stereocenters. The molecule has 0 saturated carbocycles. The van der Waals surface area contributed by atoms with E-state index in [1.807, 2.05) is 0 Å². The van der Waals surface area contributed by atoms with Crippen LogP contribution in [0.25, 0.3) is 0 Å². The van der Waals surface area contributed by atoms with Gasteiger partial charge in [-0.15, -0.1) is 0 Å². The van der Waals surface area contributed by atoms with Crippen LogP contribution in [0.3, 0.4) is 0 Å². The molecule has 4 rings (SSSR count). The van der Waals surface area contributed by atoms with E-state index in [0.717, 1.165) is 31.8 Å². The van der Waals surface area contributed by atoms with E-state index in [0.29, 0.717) is 28.7 Å². The Morgan fingerprint density at radius 2 is 1.88 bits per heavy atom. The van der Waals surface area contributed by atoms with Crippen molar-refractivity contribution >= 4 is 17.5 Å². The molecule has 3 heterocycles. The molecule has 1 aromatic heterocycles. The first-order chi connectivity index (χ1) is 12.2. The minimum absolute atomic E-state index is 0.186. The molecule has 25 heavy (non-hydrogen) atoms. The Morgan fingerprint density at radius 3 is 2.64 bits per heavy atom. The maximum Gasteiger partial charge on any atom is 0.255 e. The van der Waals surface area contributed by atoms with E-state index in [9.17, 15) is 4.79 Å². The van der Waals surface area contributed by atoms with Crippen LogP contribution in [0.1, 0.15) is 30.1 Å². The summed E-state index contributed by atoms with van der Waals surface area (Å²) in [5, 5.41) is 2.81. The van der Waals surface area contributed by atoms with Crippen molar-refractivity contribution in [3.8, 4) is 11.5 Å². The Kier molecular flexibility index (Phi) is 4.13. The molecule has 1 amide bonds. The number of nitrogens with zero attached hydrogens (tertiary/aromatic N) is 3. The first-order valence-electron chi connectivity index (χ1n) is 8.47. The van der Waals surface area contributed by atoms with E-state index in [1.165, 1.54) is 0 Å². The third kappa shape index (κ3) is 3.35. The van der Waals surface area contributed by atoms with Crippen molar-refractivity contribution in [2.45, 2.75) is 19.8 Å². The number of rotatable bonds is 3. The standard InChI is InChI=1S/C18H20N4O3/c1-12-4-6-22(7-5-12)18-19-9-14(10-20-18)21-17(23)13-2-3-15-16(8-13)25-11-24-15/h2-3,8-10,12H,4-7,11H2,1H3,(H,21,23). The number of piperidine rings is 1. The number of anilines is 2. The SMILES string of the molecule is CC1CCN(c2ncc(NC(=O)c3ccc4c(c3)OCO4)cn2)CC1. The fourth-order valence-electron chi connectivity index (χ4n) is 3.00. The quantitative estimate of drug-likeness (QED) is 0.926. The zero-order valence-electron chi connectivity index (χ0n) is 14.1. The number of ether oxygens (including phenoxy) is 2. The molecular weight excluding hydrogens is 320 g/mol. The molecule has 130 valence electrons. The summed E-state index contributed by atoms with van der Waals surface area (Å²) in [4.78, 5) is 23.3. The van der Waals surface area contributed by atoms with Crippen LogP contribution < -0.4 is 19.7 Å². The topological polar surface area (TPSA) is 76.6 Å². The lowest BCUT2D eigenvalue weighted by Crippen LogP contribution is -2.34. The van der Waals surface area contributed by atoms with Gasteiger partial charge in [0.05, 0.1) is 18.1 Å². The summed E-state index contributed by atoms with van der Waals surface area (Å²) < 4.78 is 10.5. The van der Waals surface area contributed by atoms with Crippen molar-refractivity contribution in [1.29, 1.82) is 0 Å². The second kappa shape index (κ2) is 6.58. The van der Waals surface area contributed by atoms with Gasteiger partial charge >= 0.3 is 0 Å². The molecule has 0 spiro atoms. The fourth-order valence-corrected chi connectivity index (χ4v) is 3.00. The number of carbonyl (C=O) groups excluding carboxylic acids is 1. The van der Waals surface area contributed by atoms with Gasteiger partial charge in [0, 0.05) is 18.7 Å². The molecule has 0 bridgehead atoms. The van der Waals surface area contributed by atoms with Gasteiger partial charge in [0.15, 0.2) is 11.5 Å². The predicted octanol–water partition coefficient (Wildman–Crippen LogP) is 2.69. The van der Waals surface area contributed by atoms with Crippen molar-refractivity contribution in [1.82, 2.24) is 9.97 Å². The first kappa shape index (κ1) is 15.7. The van der Waals surface area contributed by atoms with Gasteiger partial charge in [-0.25, -0.2) is 9.97 Å². The second-order valence-corrected chi connectivity index (χ2v) is 6.46. The number of nitrogens with one attached hydrogen (secondary N) is 1. The van der Waals surface area contributed by atoms with E-state index in [2.05, 4.69) is 27.1 Å². The Morgan fingerprint density at radius 1 is 1.16 bits per heavy atom. The van der Waals surface area contributed by atoms with Crippen molar-refractivity contribution in [2.24, 2.45) is 5.92 Å². The molecule has 0 atom stereocenters. The molecular formula is C18H20N4O3. The lowest BCUT2D eigenvalue weighted by atomic mass is 10.00. The number of aromatic nitrogens is 2. The summed E-state index contributed by atoms with van der Waals surface area (Å²) in [6, 6.07) is 5.10. The highest BCUT2D eigenvalue weighted by atomic mass is 16.7. The number of benzene rings is 1. The maximum atomic E-state index is 12.4. The van der Waals surface area contributed by atoms with E-state index >= 15 is 0 Å². The number of hydrogen-bond donors (Lipinski definition) is 1. The van der Waals surface area contributed by atoms with Crippen LogP contribution in [0.2, 0.25) is 0 Å². The smallest absolute Gasteiger partial charge is 0.255 e. The zero-order chi connectivity index (χ0) is 17.2. The summed E-state index contributed by atoms with van der Waals surface area (Å²) in [6.45, 7) is 4.41. The summed E-state index contributed by atoms with van der Waals surface area (Å²) in [7, 11) is 0. The number of fused-ring (bicyclic) bond motifs is 1. The van der Waals surface area contributed by atoms with Crippen molar-refractivity contribution in [2.75, 3.05) is 30.1 Å². The lowest BCUT2D eigenvalue weighted by Gasteiger charge is -2.30. The highest BCUT2D eigenvalue weighted by Crippen LogP contribution is 2.32. The predicted molar refractivity (Wildman–Crippen MR) is 93.2 cm³/mol. The molecule has 2 aromatic rings. The molecule has 1 saturated heterocycles. The first-order valence-corrected chi connectivity index (χ1v) is 8.47. The fraction of sp³-hybridized carbons (Fsp3) is 0.389. The molecule has 2 aliphatic rings. The van der Waals surface area contributed by atoms with E-state index in [4.69, 9.17) is 9.47 Å². The van der Waals surface area contributed by atoms with Crippen LogP contribution in [-0.4, -0.2) is 35.8 Å². The van der Waals surface area contributed by atoms with Gasteiger partial charge in [0.2, 0.25) is 12.7 Å². The average molecular weight is 340 g/mol. The zero-order valence-corrected chi connectivity index (χ0v) is 14.1. The summed E-state index contributed by atoms with van der Waals surface area (Å²) >= 11 is 0. The highest BCUT2D eigenvalue weighted by molar-refractivity contribution is 6.04. The molecule has 1 aromatic carbocycles. The average Bonchev–Trinajstić information content (AvgIpc) is 3.11. The van der Waals surface area contributed by atoms with Gasteiger partial charge in [-0.1, -0.05) is 6.92 Å². The van der Waals surface area contributed by atoms with Gasteiger partial charge in [-0.05, 0) is 37.0 Å². The van der Waals surface area contributed by atoms with Crippen LogP contribution in [0.4, 0.5) is 11.6 Å². The molecule has 1 N–H and O–H groups in total. The normalized spacial score (nSPS) is 16.8. The summed E-state index contributed by atoms with van der Waals surface area (Å²) in [5.74, 6) is 2.48. The van der Waals surface area contributed by atoms with Crippen LogP contribution in [-0.2, 0) is 0 Å². The third-order valence-corrected chi connectivity index (χ3v) is 4.60. The molecule has 0 aliphatic carbocycles. The van der Waals surface area contributed by atoms with Crippen molar-refractivity contribution in [3.05, 3.63) is 36.2 Å². The summed E-state index contributed by atoms with van der Waals surface area (Å²) in [5.41, 5.74) is 1.06. The second-order valence-electron chi connectivity index (χ2n) is 6.46. The van der Waals surface area contributed by atoms with Crippen LogP contribution in [0, 0.1) is 5.92 Å². The van der Waals surface area contributed by atoms with Crippen LogP contribution in [0.15, 0.2) is 30.6 Å². The molecule has 7 nitrogen and oxygen atoms in total.